The summed E-state index contributed by atoms with van der Waals surface area (Å²) in [5.41, 5.74) is 3.58. The maximum atomic E-state index is 5.52. The summed E-state index contributed by atoms with van der Waals surface area (Å²) < 4.78 is 5.52. The Labute approximate surface area is 101 Å². The number of nitrogens with one attached hydrogen (secondary N) is 1. The summed E-state index contributed by atoms with van der Waals surface area (Å²) in [7, 11) is 0. The topological polar surface area (TPSA) is 51.0 Å². The molecule has 4 heteroatoms. The number of hydrogen-bond acceptors (Lipinski definition) is 4. The normalized spacial score (nSPS) is 10.5. The maximum Gasteiger partial charge on any atom is 0.315 e. The second kappa shape index (κ2) is 4.99. The van der Waals surface area contributed by atoms with Gasteiger partial charge in [0.15, 0.2) is 0 Å². The first-order valence-electron chi connectivity index (χ1n) is 5.91. The Hall–Kier alpha value is -1.84. The maximum absolute atomic E-state index is 5.52. The number of anilines is 1. The van der Waals surface area contributed by atoms with Crippen LogP contribution in [0.5, 0.6) is 0 Å². The molecule has 2 rings (SSSR count). The van der Waals surface area contributed by atoms with Crippen LogP contribution in [0.2, 0.25) is 0 Å². The van der Waals surface area contributed by atoms with Gasteiger partial charge in [-0.15, -0.1) is 5.10 Å². The van der Waals surface area contributed by atoms with E-state index in [0.717, 1.165) is 18.5 Å². The van der Waals surface area contributed by atoms with Gasteiger partial charge in [0, 0.05) is 12.1 Å². The first-order valence-corrected chi connectivity index (χ1v) is 5.91. The van der Waals surface area contributed by atoms with Crippen molar-refractivity contribution in [3.8, 4) is 11.5 Å². The van der Waals surface area contributed by atoms with Crippen molar-refractivity contribution in [2.75, 3.05) is 11.9 Å². The molecule has 0 bridgehead atoms. The van der Waals surface area contributed by atoms with E-state index in [-0.39, 0.29) is 0 Å². The van der Waals surface area contributed by atoms with Crippen molar-refractivity contribution < 1.29 is 4.42 Å². The molecule has 1 aromatic carbocycles. The minimum Gasteiger partial charge on any atom is -0.403 e. The zero-order valence-corrected chi connectivity index (χ0v) is 10.4. The summed E-state index contributed by atoms with van der Waals surface area (Å²) in [6.07, 6.45) is 1.01. The molecule has 0 aliphatic heterocycles. The monoisotopic (exact) mass is 231 g/mol. The van der Waals surface area contributed by atoms with Crippen LogP contribution in [0, 0.1) is 6.92 Å². The van der Waals surface area contributed by atoms with Crippen LogP contribution in [0.4, 0.5) is 6.01 Å². The van der Waals surface area contributed by atoms with Crippen LogP contribution in [-0.4, -0.2) is 16.7 Å². The van der Waals surface area contributed by atoms with Crippen LogP contribution in [-0.2, 0) is 6.42 Å². The highest BCUT2D eigenvalue weighted by Crippen LogP contribution is 2.22. The van der Waals surface area contributed by atoms with Crippen molar-refractivity contribution in [3.63, 3.8) is 0 Å². The van der Waals surface area contributed by atoms with Crippen LogP contribution in [0.15, 0.2) is 22.6 Å². The molecule has 0 radical (unpaired) electrons. The fourth-order valence-corrected chi connectivity index (χ4v) is 1.75. The smallest absolute Gasteiger partial charge is 0.315 e. The first-order chi connectivity index (χ1) is 8.24. The molecule has 1 aromatic heterocycles. The Morgan fingerprint density at radius 3 is 2.76 bits per heavy atom. The molecule has 17 heavy (non-hydrogen) atoms. The summed E-state index contributed by atoms with van der Waals surface area (Å²) in [5.74, 6) is 0.565. The molecule has 2 aromatic rings. The van der Waals surface area contributed by atoms with E-state index in [2.05, 4.69) is 41.5 Å². The predicted octanol–water partition coefficient (Wildman–Crippen LogP) is 3.04. The van der Waals surface area contributed by atoms with E-state index in [9.17, 15) is 0 Å². The van der Waals surface area contributed by atoms with Gasteiger partial charge in [-0.1, -0.05) is 18.1 Å². The Morgan fingerprint density at radius 1 is 1.24 bits per heavy atom. The number of benzene rings is 1. The van der Waals surface area contributed by atoms with Gasteiger partial charge in [0.1, 0.15) is 0 Å². The molecule has 90 valence electrons. The van der Waals surface area contributed by atoms with Crippen LogP contribution < -0.4 is 5.32 Å². The van der Waals surface area contributed by atoms with Crippen LogP contribution in [0.3, 0.4) is 0 Å². The summed E-state index contributed by atoms with van der Waals surface area (Å²) >= 11 is 0. The lowest BCUT2D eigenvalue weighted by atomic mass is 10.0. The van der Waals surface area contributed by atoms with Gasteiger partial charge in [0.2, 0.25) is 5.89 Å². The Kier molecular flexibility index (Phi) is 3.42. The molecule has 0 fully saturated rings. The highest BCUT2D eigenvalue weighted by atomic mass is 16.4. The molecule has 0 spiro atoms. The third-order valence-electron chi connectivity index (χ3n) is 2.73. The highest BCUT2D eigenvalue weighted by molar-refractivity contribution is 5.56. The number of hydrogen-bond donors (Lipinski definition) is 1. The highest BCUT2D eigenvalue weighted by Gasteiger charge is 2.08. The molecule has 0 saturated heterocycles. The van der Waals surface area contributed by atoms with Crippen molar-refractivity contribution in [1.29, 1.82) is 0 Å². The standard InChI is InChI=1S/C13H17N3O/c1-4-10-8-11(7-6-9(10)3)12-15-16-13(17-12)14-5-2/h6-8H,4-5H2,1-3H3,(H,14,16). The molecule has 1 N–H and O–H groups in total. The Morgan fingerprint density at radius 2 is 2.06 bits per heavy atom. The van der Waals surface area contributed by atoms with Crippen LogP contribution in [0.1, 0.15) is 25.0 Å². The first kappa shape index (κ1) is 11.6. The molecular formula is C13H17N3O. The van der Waals surface area contributed by atoms with Crippen molar-refractivity contribution >= 4 is 6.01 Å². The number of aryl methyl sites for hydroxylation is 2. The molecule has 0 aliphatic carbocycles. The van der Waals surface area contributed by atoms with Gasteiger partial charge < -0.3 is 9.73 Å². The van der Waals surface area contributed by atoms with Crippen LogP contribution in [0.25, 0.3) is 11.5 Å². The quantitative estimate of drug-likeness (QED) is 0.878. The van der Waals surface area contributed by atoms with E-state index in [1.807, 2.05) is 13.0 Å². The number of rotatable bonds is 4. The summed E-state index contributed by atoms with van der Waals surface area (Å²) in [4.78, 5) is 0. The van der Waals surface area contributed by atoms with E-state index >= 15 is 0 Å². The van der Waals surface area contributed by atoms with Gasteiger partial charge >= 0.3 is 6.01 Å². The fourth-order valence-electron chi connectivity index (χ4n) is 1.75. The average Bonchev–Trinajstić information content (AvgIpc) is 2.79. The number of aromatic nitrogens is 2. The minimum atomic E-state index is 0.473. The van der Waals surface area contributed by atoms with E-state index < -0.39 is 0 Å². The summed E-state index contributed by atoms with van der Waals surface area (Å²) in [6, 6.07) is 6.68. The molecule has 0 unspecified atom stereocenters. The summed E-state index contributed by atoms with van der Waals surface area (Å²) in [5, 5.41) is 11.0. The van der Waals surface area contributed by atoms with Crippen LogP contribution >= 0.6 is 0 Å². The molecular weight excluding hydrogens is 214 g/mol. The molecule has 1 heterocycles. The van der Waals surface area contributed by atoms with E-state index in [1.54, 1.807) is 0 Å². The second-order valence-corrected chi connectivity index (χ2v) is 3.94. The SMILES string of the molecule is CCNc1nnc(-c2ccc(C)c(CC)c2)o1. The zero-order valence-electron chi connectivity index (χ0n) is 10.4. The molecule has 0 saturated carbocycles. The van der Waals surface area contributed by atoms with E-state index in [4.69, 9.17) is 4.42 Å². The molecule has 0 aliphatic rings. The van der Waals surface area contributed by atoms with Gasteiger partial charge in [-0.3, -0.25) is 0 Å². The van der Waals surface area contributed by atoms with Gasteiger partial charge in [-0.05, 0) is 43.5 Å². The zero-order chi connectivity index (χ0) is 12.3. The molecule has 4 nitrogen and oxygen atoms in total. The van der Waals surface area contributed by atoms with Crippen molar-refractivity contribution in [3.05, 3.63) is 29.3 Å². The van der Waals surface area contributed by atoms with Crippen molar-refractivity contribution in [2.45, 2.75) is 27.2 Å². The van der Waals surface area contributed by atoms with E-state index in [0.29, 0.717) is 11.9 Å². The van der Waals surface area contributed by atoms with Gasteiger partial charge in [-0.25, -0.2) is 0 Å². The van der Waals surface area contributed by atoms with Gasteiger partial charge in [-0.2, -0.15) is 0 Å². The molecule has 0 amide bonds. The van der Waals surface area contributed by atoms with Crippen molar-refractivity contribution in [1.82, 2.24) is 10.2 Å². The van der Waals surface area contributed by atoms with Gasteiger partial charge in [0.05, 0.1) is 0 Å². The largest absolute Gasteiger partial charge is 0.403 e. The summed E-state index contributed by atoms with van der Waals surface area (Å²) in [6.45, 7) is 7.02. The van der Waals surface area contributed by atoms with E-state index in [1.165, 1.54) is 11.1 Å². The predicted molar refractivity (Wildman–Crippen MR) is 68.0 cm³/mol. The lowest BCUT2D eigenvalue weighted by molar-refractivity contribution is 0.582. The molecule has 0 atom stereocenters. The fraction of sp³-hybridized carbons (Fsp3) is 0.385. The average molecular weight is 231 g/mol. The third kappa shape index (κ3) is 2.46. The number of nitrogens with zero attached hydrogens (tertiary/aromatic N) is 2. The lowest BCUT2D eigenvalue weighted by Gasteiger charge is -2.03. The lowest BCUT2D eigenvalue weighted by Crippen LogP contribution is -1.95. The van der Waals surface area contributed by atoms with Gasteiger partial charge in [0.25, 0.3) is 0 Å². The van der Waals surface area contributed by atoms with Crippen molar-refractivity contribution in [2.24, 2.45) is 0 Å². The third-order valence-corrected chi connectivity index (χ3v) is 2.73. The minimum absolute atomic E-state index is 0.473. The Bertz CT molecular complexity index is 505. The second-order valence-electron chi connectivity index (χ2n) is 3.94. The Balaban J connectivity index is 2.32.